The molecule has 3 aromatic rings. The number of hydrogen-bond acceptors (Lipinski definition) is 3. The van der Waals surface area contributed by atoms with Crippen molar-refractivity contribution in [3.63, 3.8) is 0 Å². The third kappa shape index (κ3) is 2.26. The Morgan fingerprint density at radius 3 is 2.75 bits per heavy atom. The number of nitrogens with one attached hydrogen (secondary N) is 1. The van der Waals surface area contributed by atoms with Crippen LogP contribution >= 0.6 is 0 Å². The van der Waals surface area contributed by atoms with E-state index in [0.29, 0.717) is 18.1 Å². The number of piperidine rings is 2. The highest BCUT2D eigenvalue weighted by atomic mass is 15.4. The highest BCUT2D eigenvalue weighted by Crippen LogP contribution is 2.38. The first kappa shape index (κ1) is 14.2. The number of nitrogens with zero attached hydrogens (tertiary/aromatic N) is 4. The lowest BCUT2D eigenvalue weighted by molar-refractivity contribution is 0.0364. The summed E-state index contributed by atoms with van der Waals surface area (Å²) in [5, 5.41) is 10.1. The molecule has 124 valence electrons. The third-order valence-electron chi connectivity index (χ3n) is 6.05. The molecule has 0 radical (unpaired) electrons. The first-order chi connectivity index (χ1) is 11.8. The third-order valence-corrected chi connectivity index (χ3v) is 6.05. The molecule has 5 rings (SSSR count). The zero-order chi connectivity index (χ0) is 16.1. The van der Waals surface area contributed by atoms with Gasteiger partial charge in [-0.25, -0.2) is 4.68 Å². The van der Waals surface area contributed by atoms with Crippen LogP contribution in [0.4, 0.5) is 0 Å². The fraction of sp³-hybridized carbons (Fsp3) is 0.474. The van der Waals surface area contributed by atoms with Gasteiger partial charge in [-0.15, -0.1) is 5.10 Å². The van der Waals surface area contributed by atoms with Crippen molar-refractivity contribution in [2.24, 2.45) is 0 Å². The summed E-state index contributed by atoms with van der Waals surface area (Å²) >= 11 is 0. The second-order valence-electron chi connectivity index (χ2n) is 7.39. The van der Waals surface area contributed by atoms with Crippen LogP contribution < -0.4 is 0 Å². The second-order valence-corrected chi connectivity index (χ2v) is 7.39. The van der Waals surface area contributed by atoms with Gasteiger partial charge in [0.15, 0.2) is 0 Å². The van der Waals surface area contributed by atoms with Crippen molar-refractivity contribution in [3.05, 3.63) is 36.7 Å². The van der Waals surface area contributed by atoms with Crippen LogP contribution in [0, 0.1) is 0 Å². The standard InChI is InChI=1S/C19H23N5/c1-23-15-3-2-4-16(23)11-17(10-15)24-12-19(21-22-24)13-5-6-18-14(9-13)7-8-20-18/h5-9,12,15-17,20H,2-4,10-11H2,1H3/t15-,16+,17?. The quantitative estimate of drug-likeness (QED) is 0.784. The van der Waals surface area contributed by atoms with Gasteiger partial charge in [0.2, 0.25) is 0 Å². The van der Waals surface area contributed by atoms with E-state index in [9.17, 15) is 0 Å². The van der Waals surface area contributed by atoms with Gasteiger partial charge >= 0.3 is 0 Å². The Morgan fingerprint density at radius 1 is 1.08 bits per heavy atom. The number of rotatable bonds is 2. The van der Waals surface area contributed by atoms with Gasteiger partial charge in [0.25, 0.3) is 0 Å². The lowest BCUT2D eigenvalue weighted by Gasteiger charge is -2.46. The predicted octanol–water partition coefficient (Wildman–Crippen LogP) is 3.61. The molecule has 24 heavy (non-hydrogen) atoms. The first-order valence-corrected chi connectivity index (χ1v) is 8.99. The van der Waals surface area contributed by atoms with E-state index in [1.807, 2.05) is 6.20 Å². The summed E-state index contributed by atoms with van der Waals surface area (Å²) in [6, 6.07) is 10.4. The number of benzene rings is 1. The second kappa shape index (κ2) is 5.45. The Bertz CT molecular complexity index is 849. The Morgan fingerprint density at radius 2 is 1.92 bits per heavy atom. The van der Waals surface area contributed by atoms with Crippen molar-refractivity contribution < 1.29 is 0 Å². The van der Waals surface area contributed by atoms with Crippen LogP contribution in [0.15, 0.2) is 36.7 Å². The van der Waals surface area contributed by atoms with Crippen LogP contribution in [0.1, 0.15) is 38.1 Å². The van der Waals surface area contributed by atoms with E-state index in [1.165, 1.54) is 37.5 Å². The Balaban J connectivity index is 1.42. The Kier molecular flexibility index (Phi) is 3.23. The molecule has 3 atom stereocenters. The average molecular weight is 321 g/mol. The van der Waals surface area contributed by atoms with E-state index >= 15 is 0 Å². The minimum Gasteiger partial charge on any atom is -0.361 e. The van der Waals surface area contributed by atoms with Crippen molar-refractivity contribution in [2.45, 2.75) is 50.2 Å². The monoisotopic (exact) mass is 321 g/mol. The van der Waals surface area contributed by atoms with E-state index < -0.39 is 0 Å². The number of hydrogen-bond donors (Lipinski definition) is 1. The van der Waals surface area contributed by atoms with Crippen molar-refractivity contribution >= 4 is 10.9 Å². The molecule has 2 aliphatic rings. The average Bonchev–Trinajstić information content (AvgIpc) is 3.23. The normalized spacial score (nSPS) is 27.6. The molecule has 2 aliphatic heterocycles. The SMILES string of the molecule is CN1[C@@H]2CCC[C@H]1CC(n1cc(-c3ccc4[nH]ccc4c3)nn1)C2. The first-order valence-electron chi connectivity index (χ1n) is 8.99. The lowest BCUT2D eigenvalue weighted by Crippen LogP contribution is -2.50. The number of aromatic nitrogens is 4. The zero-order valence-corrected chi connectivity index (χ0v) is 14.0. The number of fused-ring (bicyclic) bond motifs is 3. The Labute approximate surface area is 141 Å². The van der Waals surface area contributed by atoms with Crippen LogP contribution in [0.3, 0.4) is 0 Å². The van der Waals surface area contributed by atoms with Crippen molar-refractivity contribution in [1.29, 1.82) is 0 Å². The summed E-state index contributed by atoms with van der Waals surface area (Å²) in [7, 11) is 2.30. The fourth-order valence-corrected chi connectivity index (χ4v) is 4.60. The lowest BCUT2D eigenvalue weighted by atomic mass is 9.82. The van der Waals surface area contributed by atoms with Gasteiger partial charge in [0.05, 0.1) is 12.2 Å². The summed E-state index contributed by atoms with van der Waals surface area (Å²) in [6.45, 7) is 0. The summed E-state index contributed by atoms with van der Waals surface area (Å²) < 4.78 is 2.12. The summed E-state index contributed by atoms with van der Waals surface area (Å²) in [5.41, 5.74) is 3.28. The molecular formula is C19H23N5. The summed E-state index contributed by atoms with van der Waals surface area (Å²) in [4.78, 5) is 5.83. The minimum absolute atomic E-state index is 0.494. The van der Waals surface area contributed by atoms with Gasteiger partial charge in [0, 0.05) is 34.7 Å². The van der Waals surface area contributed by atoms with E-state index in [4.69, 9.17) is 0 Å². The molecule has 2 aromatic heterocycles. The maximum Gasteiger partial charge on any atom is 0.113 e. The fourth-order valence-electron chi connectivity index (χ4n) is 4.60. The van der Waals surface area contributed by atoms with Crippen LogP contribution in [0.2, 0.25) is 0 Å². The molecule has 1 N–H and O–H groups in total. The highest BCUT2D eigenvalue weighted by molar-refractivity contribution is 5.84. The van der Waals surface area contributed by atoms with Crippen LogP contribution in [-0.4, -0.2) is 44.0 Å². The van der Waals surface area contributed by atoms with Crippen molar-refractivity contribution in [1.82, 2.24) is 24.9 Å². The molecule has 2 saturated heterocycles. The van der Waals surface area contributed by atoms with Gasteiger partial charge in [-0.3, -0.25) is 0 Å². The number of H-pyrrole nitrogens is 1. The van der Waals surface area contributed by atoms with E-state index in [1.54, 1.807) is 0 Å². The Hall–Kier alpha value is -2.14. The maximum atomic E-state index is 4.48. The molecule has 0 aliphatic carbocycles. The molecule has 4 heterocycles. The molecule has 1 aromatic carbocycles. The maximum absolute atomic E-state index is 4.48. The topological polar surface area (TPSA) is 49.7 Å². The molecule has 5 nitrogen and oxygen atoms in total. The van der Waals surface area contributed by atoms with Gasteiger partial charge in [-0.2, -0.15) is 0 Å². The molecule has 0 saturated carbocycles. The molecule has 5 heteroatoms. The van der Waals surface area contributed by atoms with Crippen molar-refractivity contribution in [2.75, 3.05) is 7.05 Å². The van der Waals surface area contributed by atoms with Crippen LogP contribution in [-0.2, 0) is 0 Å². The van der Waals surface area contributed by atoms with Gasteiger partial charge in [0.1, 0.15) is 5.69 Å². The molecular weight excluding hydrogens is 298 g/mol. The minimum atomic E-state index is 0.494. The number of aromatic amines is 1. The predicted molar refractivity (Wildman–Crippen MR) is 94.8 cm³/mol. The van der Waals surface area contributed by atoms with Crippen LogP contribution in [0.25, 0.3) is 22.2 Å². The van der Waals surface area contributed by atoms with E-state index in [2.05, 4.69) is 62.4 Å². The van der Waals surface area contributed by atoms with E-state index in [-0.39, 0.29) is 0 Å². The molecule has 2 bridgehead atoms. The summed E-state index contributed by atoms with van der Waals surface area (Å²) in [5.74, 6) is 0. The molecule has 0 spiro atoms. The highest BCUT2D eigenvalue weighted by Gasteiger charge is 2.37. The van der Waals surface area contributed by atoms with Gasteiger partial charge in [-0.05, 0) is 50.9 Å². The largest absolute Gasteiger partial charge is 0.361 e. The van der Waals surface area contributed by atoms with Crippen LogP contribution in [0.5, 0.6) is 0 Å². The smallest absolute Gasteiger partial charge is 0.113 e. The zero-order valence-electron chi connectivity index (χ0n) is 14.0. The van der Waals surface area contributed by atoms with Gasteiger partial charge in [-0.1, -0.05) is 17.7 Å². The van der Waals surface area contributed by atoms with Gasteiger partial charge < -0.3 is 9.88 Å². The molecule has 1 unspecified atom stereocenters. The van der Waals surface area contributed by atoms with Crippen molar-refractivity contribution in [3.8, 4) is 11.3 Å². The summed E-state index contributed by atoms with van der Waals surface area (Å²) in [6.07, 6.45) is 10.6. The molecule has 0 amide bonds. The molecule has 2 fully saturated rings. The van der Waals surface area contributed by atoms with E-state index in [0.717, 1.165) is 16.8 Å².